The highest BCUT2D eigenvalue weighted by molar-refractivity contribution is 5.76. The molecule has 0 saturated carbocycles. The van der Waals surface area contributed by atoms with Crippen LogP contribution >= 0.6 is 0 Å². The van der Waals surface area contributed by atoms with E-state index in [-0.39, 0.29) is 11.5 Å². The summed E-state index contributed by atoms with van der Waals surface area (Å²) in [6.45, 7) is 4.68. The maximum atomic E-state index is 12.2. The number of amides is 1. The minimum atomic E-state index is 0.0593. The number of rotatable bonds is 4. The predicted molar refractivity (Wildman–Crippen MR) is 90.8 cm³/mol. The summed E-state index contributed by atoms with van der Waals surface area (Å²) in [7, 11) is 0. The summed E-state index contributed by atoms with van der Waals surface area (Å²) in [6.07, 6.45) is 6.05. The Balaban J connectivity index is 1.29. The number of aryl methyl sites for hydroxylation is 2. The molecule has 1 amide bonds. The molecule has 0 radical (unpaired) electrons. The molecule has 1 aromatic heterocycles. The number of carbonyl (C=O) groups is 1. The Bertz CT molecular complexity index is 668. The molecule has 2 saturated heterocycles. The minimum absolute atomic E-state index is 0.0593. The van der Waals surface area contributed by atoms with Crippen LogP contribution in [-0.2, 0) is 24.2 Å². The lowest BCUT2D eigenvalue weighted by Gasteiger charge is -2.41. The van der Waals surface area contributed by atoms with E-state index >= 15 is 0 Å². The van der Waals surface area contributed by atoms with E-state index in [2.05, 4.69) is 15.3 Å². The van der Waals surface area contributed by atoms with Gasteiger partial charge in [0.1, 0.15) is 0 Å². The average molecular weight is 330 g/mol. The van der Waals surface area contributed by atoms with Gasteiger partial charge in [0.05, 0.1) is 12.2 Å². The monoisotopic (exact) mass is 330 g/mol. The normalized spacial score (nSPS) is 25.0. The van der Waals surface area contributed by atoms with Crippen molar-refractivity contribution in [2.24, 2.45) is 11.8 Å². The Kier molecular flexibility index (Phi) is 4.39. The number of carbonyl (C=O) groups excluding carboxylic acids is 1. The van der Waals surface area contributed by atoms with Gasteiger partial charge < -0.3 is 10.2 Å². The van der Waals surface area contributed by atoms with Crippen molar-refractivity contribution in [3.63, 3.8) is 0 Å². The molecule has 3 heterocycles. The highest BCUT2D eigenvalue weighted by atomic mass is 16.1. The first kappa shape index (κ1) is 15.8. The fourth-order valence-corrected chi connectivity index (χ4v) is 4.22. The van der Waals surface area contributed by atoms with Crippen LogP contribution < -0.4 is 10.9 Å². The van der Waals surface area contributed by atoms with Crippen LogP contribution in [0, 0.1) is 11.8 Å². The Morgan fingerprint density at radius 1 is 1.08 bits per heavy atom. The minimum Gasteiger partial charge on any atom is -0.356 e. The zero-order valence-electron chi connectivity index (χ0n) is 14.2. The number of nitrogens with zero attached hydrogens (tertiary/aromatic N) is 3. The lowest BCUT2D eigenvalue weighted by molar-refractivity contribution is -0.123. The number of hydrogen-bond donors (Lipinski definition) is 1. The van der Waals surface area contributed by atoms with Crippen molar-refractivity contribution >= 4 is 5.91 Å². The molecule has 1 aromatic rings. The van der Waals surface area contributed by atoms with Gasteiger partial charge in [-0.15, -0.1) is 0 Å². The van der Waals surface area contributed by atoms with E-state index in [1.807, 2.05) is 6.07 Å². The van der Waals surface area contributed by atoms with Crippen LogP contribution in [0.1, 0.15) is 36.9 Å². The van der Waals surface area contributed by atoms with E-state index in [1.54, 1.807) is 4.68 Å². The van der Waals surface area contributed by atoms with E-state index in [4.69, 9.17) is 0 Å². The van der Waals surface area contributed by atoms with Crippen LogP contribution in [0.3, 0.4) is 0 Å². The highest BCUT2D eigenvalue weighted by Crippen LogP contribution is 2.22. The van der Waals surface area contributed by atoms with Crippen molar-refractivity contribution in [1.82, 2.24) is 20.0 Å². The van der Waals surface area contributed by atoms with Crippen LogP contribution in [-0.4, -0.2) is 46.8 Å². The summed E-state index contributed by atoms with van der Waals surface area (Å²) < 4.78 is 1.69. The van der Waals surface area contributed by atoms with Crippen molar-refractivity contribution in [3.05, 3.63) is 27.7 Å². The summed E-state index contributed by atoms with van der Waals surface area (Å²) >= 11 is 0. The molecule has 0 spiro atoms. The molecular weight excluding hydrogens is 304 g/mol. The second-order valence-corrected chi connectivity index (χ2v) is 7.64. The van der Waals surface area contributed by atoms with E-state index in [0.717, 1.165) is 63.2 Å². The van der Waals surface area contributed by atoms with Gasteiger partial charge in [-0.3, -0.25) is 9.59 Å². The Labute approximate surface area is 142 Å². The van der Waals surface area contributed by atoms with Gasteiger partial charge in [0.15, 0.2) is 0 Å². The first-order valence-electron chi connectivity index (χ1n) is 9.26. The summed E-state index contributed by atoms with van der Waals surface area (Å²) in [5.41, 5.74) is 2.36. The largest absolute Gasteiger partial charge is 0.356 e. The van der Waals surface area contributed by atoms with E-state index < -0.39 is 0 Å². The molecule has 1 atom stereocenters. The average Bonchev–Trinajstić information content (AvgIpc) is 2.55. The van der Waals surface area contributed by atoms with Crippen molar-refractivity contribution in [3.8, 4) is 0 Å². The molecule has 0 bridgehead atoms. The maximum Gasteiger partial charge on any atom is 0.267 e. The standard InChI is InChI=1S/C18H26N4O2/c23-17-6-5-13(8-19-17)9-21-10-14(11-21)12-22-18(24)7-15-3-1-2-4-16(15)20-22/h7,13-14H,1-6,8-12H2,(H,19,23). The van der Waals surface area contributed by atoms with Gasteiger partial charge >= 0.3 is 0 Å². The fourth-order valence-electron chi connectivity index (χ4n) is 4.22. The quantitative estimate of drug-likeness (QED) is 0.877. The second-order valence-electron chi connectivity index (χ2n) is 7.64. The van der Waals surface area contributed by atoms with E-state index in [9.17, 15) is 9.59 Å². The molecule has 1 N–H and O–H groups in total. The zero-order chi connectivity index (χ0) is 16.5. The van der Waals surface area contributed by atoms with Gasteiger partial charge in [0.2, 0.25) is 5.91 Å². The molecule has 6 nitrogen and oxygen atoms in total. The Morgan fingerprint density at radius 2 is 1.92 bits per heavy atom. The lowest BCUT2D eigenvalue weighted by atomic mass is 9.93. The molecule has 3 aliphatic rings. The van der Waals surface area contributed by atoms with Gasteiger partial charge in [-0.2, -0.15) is 5.10 Å². The molecule has 2 aliphatic heterocycles. The van der Waals surface area contributed by atoms with Crippen LogP contribution in [0.2, 0.25) is 0 Å². The molecule has 1 unspecified atom stereocenters. The van der Waals surface area contributed by atoms with E-state index in [1.165, 1.54) is 12.8 Å². The summed E-state index contributed by atoms with van der Waals surface area (Å²) in [5.74, 6) is 1.29. The molecule has 4 rings (SSSR count). The van der Waals surface area contributed by atoms with Crippen LogP contribution in [0.4, 0.5) is 0 Å². The zero-order valence-corrected chi connectivity index (χ0v) is 14.2. The molecule has 24 heavy (non-hydrogen) atoms. The maximum absolute atomic E-state index is 12.2. The van der Waals surface area contributed by atoms with Crippen molar-refractivity contribution < 1.29 is 4.79 Å². The van der Waals surface area contributed by atoms with Crippen molar-refractivity contribution in [2.45, 2.75) is 45.1 Å². The number of piperidine rings is 1. The number of fused-ring (bicyclic) bond motifs is 1. The summed E-state index contributed by atoms with van der Waals surface area (Å²) in [4.78, 5) is 25.9. The highest BCUT2D eigenvalue weighted by Gasteiger charge is 2.30. The summed E-state index contributed by atoms with van der Waals surface area (Å²) in [5, 5.41) is 7.57. The molecule has 0 aromatic carbocycles. The number of hydrogen-bond acceptors (Lipinski definition) is 4. The van der Waals surface area contributed by atoms with Gasteiger partial charge in [-0.25, -0.2) is 4.68 Å². The third-order valence-electron chi connectivity index (χ3n) is 5.62. The van der Waals surface area contributed by atoms with Gasteiger partial charge in [0, 0.05) is 44.6 Å². The molecule has 2 fully saturated rings. The number of likely N-dealkylation sites (tertiary alicyclic amines) is 1. The van der Waals surface area contributed by atoms with Gasteiger partial charge in [-0.1, -0.05) is 0 Å². The lowest BCUT2D eigenvalue weighted by Crippen LogP contribution is -2.52. The van der Waals surface area contributed by atoms with Crippen molar-refractivity contribution in [2.75, 3.05) is 26.2 Å². The number of aromatic nitrogens is 2. The van der Waals surface area contributed by atoms with Gasteiger partial charge in [-0.05, 0) is 43.6 Å². The Morgan fingerprint density at radius 3 is 2.71 bits per heavy atom. The SMILES string of the molecule is O=C1CCC(CN2CC(Cn3nc4c(cc3=O)CCCC4)C2)CN1. The summed E-state index contributed by atoms with van der Waals surface area (Å²) in [6, 6.07) is 1.81. The van der Waals surface area contributed by atoms with Crippen LogP contribution in [0.5, 0.6) is 0 Å². The van der Waals surface area contributed by atoms with Crippen LogP contribution in [0.15, 0.2) is 10.9 Å². The topological polar surface area (TPSA) is 67.2 Å². The second kappa shape index (κ2) is 6.67. The predicted octanol–water partition coefficient (Wildman–Crippen LogP) is 0.580. The number of nitrogens with one attached hydrogen (secondary N) is 1. The Hall–Kier alpha value is -1.69. The van der Waals surface area contributed by atoms with Gasteiger partial charge in [0.25, 0.3) is 5.56 Å². The third kappa shape index (κ3) is 3.38. The third-order valence-corrected chi connectivity index (χ3v) is 5.62. The molecular formula is C18H26N4O2. The molecule has 1 aliphatic carbocycles. The first-order chi connectivity index (χ1) is 11.7. The first-order valence-corrected chi connectivity index (χ1v) is 9.26. The molecule has 6 heteroatoms. The molecule has 130 valence electrons. The fraction of sp³-hybridized carbons (Fsp3) is 0.722. The smallest absolute Gasteiger partial charge is 0.267 e. The van der Waals surface area contributed by atoms with Crippen molar-refractivity contribution in [1.29, 1.82) is 0 Å². The van der Waals surface area contributed by atoms with E-state index in [0.29, 0.717) is 18.3 Å². The van der Waals surface area contributed by atoms with Crippen LogP contribution in [0.25, 0.3) is 0 Å².